The number of hydrazine groups is 1. The smallest absolute Gasteiger partial charge is 0.0419 e. The molecule has 1 aromatic carbocycles. The van der Waals surface area contributed by atoms with Gasteiger partial charge in [-0.3, -0.25) is 16.3 Å². The molecule has 0 aliphatic carbocycles. The van der Waals surface area contributed by atoms with Crippen LogP contribution in [0.3, 0.4) is 0 Å². The van der Waals surface area contributed by atoms with Crippen LogP contribution in [0.1, 0.15) is 22.4 Å². The van der Waals surface area contributed by atoms with Gasteiger partial charge in [0.2, 0.25) is 0 Å². The minimum atomic E-state index is 0.204. The Labute approximate surface area is 114 Å². The van der Waals surface area contributed by atoms with Crippen molar-refractivity contribution in [3.05, 3.63) is 65.0 Å². The van der Waals surface area contributed by atoms with Crippen molar-refractivity contribution in [2.24, 2.45) is 5.84 Å². The first kappa shape index (κ1) is 13.7. The molecule has 3 N–H and O–H groups in total. The number of aromatic nitrogens is 1. The van der Waals surface area contributed by atoms with E-state index in [1.165, 1.54) is 16.7 Å². The minimum Gasteiger partial charge on any atom is -0.271 e. The van der Waals surface area contributed by atoms with E-state index in [2.05, 4.69) is 42.5 Å². The molecule has 0 saturated heterocycles. The van der Waals surface area contributed by atoms with E-state index in [-0.39, 0.29) is 6.04 Å². The third kappa shape index (κ3) is 3.88. The third-order valence-electron chi connectivity index (χ3n) is 3.39. The van der Waals surface area contributed by atoms with Crippen LogP contribution in [0.5, 0.6) is 0 Å². The van der Waals surface area contributed by atoms with E-state index in [4.69, 9.17) is 5.84 Å². The number of benzene rings is 1. The highest BCUT2D eigenvalue weighted by Crippen LogP contribution is 2.14. The summed E-state index contributed by atoms with van der Waals surface area (Å²) in [6.45, 7) is 4.26. The number of nitrogens with zero attached hydrogens (tertiary/aromatic N) is 1. The van der Waals surface area contributed by atoms with Crippen LogP contribution < -0.4 is 11.3 Å². The van der Waals surface area contributed by atoms with E-state index < -0.39 is 0 Å². The summed E-state index contributed by atoms with van der Waals surface area (Å²) in [6, 6.07) is 12.7. The number of rotatable bonds is 5. The van der Waals surface area contributed by atoms with Gasteiger partial charge >= 0.3 is 0 Å². The highest BCUT2D eigenvalue weighted by molar-refractivity contribution is 5.31. The Morgan fingerprint density at radius 3 is 2.68 bits per heavy atom. The lowest BCUT2D eigenvalue weighted by Gasteiger charge is -2.17. The van der Waals surface area contributed by atoms with E-state index in [1.807, 2.05) is 24.4 Å². The van der Waals surface area contributed by atoms with Gasteiger partial charge in [-0.1, -0.05) is 29.8 Å². The molecule has 1 atom stereocenters. The Morgan fingerprint density at radius 2 is 2.00 bits per heavy atom. The maximum absolute atomic E-state index is 5.68. The van der Waals surface area contributed by atoms with Crippen LogP contribution in [0.4, 0.5) is 0 Å². The summed E-state index contributed by atoms with van der Waals surface area (Å²) in [6.07, 6.45) is 3.58. The van der Waals surface area contributed by atoms with Gasteiger partial charge in [-0.2, -0.15) is 0 Å². The Bertz CT molecular complexity index is 523. The Hall–Kier alpha value is -1.71. The predicted molar refractivity (Wildman–Crippen MR) is 78.7 cm³/mol. The molecule has 0 amide bonds. The van der Waals surface area contributed by atoms with Crippen LogP contribution in [0, 0.1) is 13.8 Å². The van der Waals surface area contributed by atoms with Gasteiger partial charge in [0.05, 0.1) is 0 Å². The Kier molecular flexibility index (Phi) is 4.66. The SMILES string of the molecule is Cc1ccc(C)c(CC(Cc2ccccn2)NN)c1. The predicted octanol–water partition coefficient (Wildman–Crippen LogP) is 2.32. The molecule has 2 aromatic rings. The summed E-state index contributed by atoms with van der Waals surface area (Å²) in [4.78, 5) is 4.35. The van der Waals surface area contributed by atoms with E-state index in [0.717, 1.165) is 18.5 Å². The lowest BCUT2D eigenvalue weighted by molar-refractivity contribution is 0.516. The summed E-state index contributed by atoms with van der Waals surface area (Å²) in [7, 11) is 0. The van der Waals surface area contributed by atoms with Crippen molar-refractivity contribution in [2.75, 3.05) is 0 Å². The van der Waals surface area contributed by atoms with Crippen LogP contribution in [-0.4, -0.2) is 11.0 Å². The molecule has 0 radical (unpaired) electrons. The zero-order chi connectivity index (χ0) is 13.7. The molecule has 3 heteroatoms. The molecule has 0 bridgehead atoms. The van der Waals surface area contributed by atoms with Crippen molar-refractivity contribution in [3.8, 4) is 0 Å². The standard InChI is InChI=1S/C16H21N3/c1-12-6-7-13(2)14(9-12)10-16(19-17)11-15-5-3-4-8-18-15/h3-9,16,19H,10-11,17H2,1-2H3. The Morgan fingerprint density at radius 1 is 1.16 bits per heavy atom. The molecule has 0 saturated carbocycles. The van der Waals surface area contributed by atoms with Gasteiger partial charge in [0, 0.05) is 24.4 Å². The minimum absolute atomic E-state index is 0.204. The molecular formula is C16H21N3. The molecule has 1 unspecified atom stereocenters. The first-order valence-electron chi connectivity index (χ1n) is 6.61. The highest BCUT2D eigenvalue weighted by atomic mass is 15.2. The average molecular weight is 255 g/mol. The van der Waals surface area contributed by atoms with E-state index in [1.54, 1.807) is 0 Å². The molecule has 0 aliphatic heterocycles. The van der Waals surface area contributed by atoms with Gasteiger partial charge in [-0.25, -0.2) is 0 Å². The second-order valence-corrected chi connectivity index (χ2v) is 5.02. The van der Waals surface area contributed by atoms with E-state index in [0.29, 0.717) is 0 Å². The second-order valence-electron chi connectivity index (χ2n) is 5.02. The van der Waals surface area contributed by atoms with Gasteiger partial charge in [-0.15, -0.1) is 0 Å². The van der Waals surface area contributed by atoms with Gasteiger partial charge < -0.3 is 0 Å². The number of nitrogens with one attached hydrogen (secondary N) is 1. The monoisotopic (exact) mass is 255 g/mol. The van der Waals surface area contributed by atoms with Gasteiger partial charge in [0.15, 0.2) is 0 Å². The normalized spacial score (nSPS) is 12.4. The second kappa shape index (κ2) is 6.45. The number of hydrogen-bond donors (Lipinski definition) is 2. The molecule has 2 rings (SSSR count). The third-order valence-corrected chi connectivity index (χ3v) is 3.39. The lowest BCUT2D eigenvalue weighted by atomic mass is 9.97. The molecule has 0 fully saturated rings. The number of aryl methyl sites for hydroxylation is 2. The molecule has 1 aromatic heterocycles. The van der Waals surface area contributed by atoms with Gasteiger partial charge in [0.25, 0.3) is 0 Å². The Balaban J connectivity index is 2.09. The topological polar surface area (TPSA) is 50.9 Å². The van der Waals surface area contributed by atoms with E-state index >= 15 is 0 Å². The first-order valence-corrected chi connectivity index (χ1v) is 6.61. The molecular weight excluding hydrogens is 234 g/mol. The van der Waals surface area contributed by atoms with Crippen LogP contribution in [-0.2, 0) is 12.8 Å². The maximum Gasteiger partial charge on any atom is 0.0419 e. The summed E-state index contributed by atoms with van der Waals surface area (Å²) in [5.41, 5.74) is 7.92. The molecule has 1 heterocycles. The fourth-order valence-corrected chi connectivity index (χ4v) is 2.25. The largest absolute Gasteiger partial charge is 0.271 e. The lowest BCUT2D eigenvalue weighted by Crippen LogP contribution is -2.38. The number of pyridine rings is 1. The van der Waals surface area contributed by atoms with Crippen LogP contribution in [0.2, 0.25) is 0 Å². The van der Waals surface area contributed by atoms with Crippen molar-refractivity contribution in [1.29, 1.82) is 0 Å². The van der Waals surface area contributed by atoms with Crippen LogP contribution >= 0.6 is 0 Å². The number of nitrogens with two attached hydrogens (primary N) is 1. The summed E-state index contributed by atoms with van der Waals surface area (Å²) < 4.78 is 0. The fraction of sp³-hybridized carbons (Fsp3) is 0.312. The summed E-state index contributed by atoms with van der Waals surface area (Å²) in [5.74, 6) is 5.68. The van der Waals surface area contributed by atoms with Crippen molar-refractivity contribution in [3.63, 3.8) is 0 Å². The first-order chi connectivity index (χ1) is 9.19. The van der Waals surface area contributed by atoms with Crippen molar-refractivity contribution in [2.45, 2.75) is 32.7 Å². The number of hydrogen-bond acceptors (Lipinski definition) is 3. The average Bonchev–Trinajstić information content (AvgIpc) is 2.43. The summed E-state index contributed by atoms with van der Waals surface area (Å²) in [5, 5.41) is 0. The molecule has 100 valence electrons. The molecule has 19 heavy (non-hydrogen) atoms. The van der Waals surface area contributed by atoms with Gasteiger partial charge in [0.1, 0.15) is 0 Å². The van der Waals surface area contributed by atoms with Crippen LogP contribution in [0.15, 0.2) is 42.6 Å². The fourth-order valence-electron chi connectivity index (χ4n) is 2.25. The quantitative estimate of drug-likeness (QED) is 0.637. The van der Waals surface area contributed by atoms with Crippen LogP contribution in [0.25, 0.3) is 0 Å². The van der Waals surface area contributed by atoms with Crippen molar-refractivity contribution < 1.29 is 0 Å². The highest BCUT2D eigenvalue weighted by Gasteiger charge is 2.11. The summed E-state index contributed by atoms with van der Waals surface area (Å²) >= 11 is 0. The van der Waals surface area contributed by atoms with Crippen molar-refractivity contribution >= 4 is 0 Å². The molecule has 3 nitrogen and oxygen atoms in total. The molecule has 0 aliphatic rings. The van der Waals surface area contributed by atoms with E-state index in [9.17, 15) is 0 Å². The zero-order valence-corrected chi connectivity index (χ0v) is 11.6. The van der Waals surface area contributed by atoms with Crippen molar-refractivity contribution in [1.82, 2.24) is 10.4 Å². The maximum atomic E-state index is 5.68. The van der Waals surface area contributed by atoms with Gasteiger partial charge in [-0.05, 0) is 43.5 Å². The zero-order valence-electron chi connectivity index (χ0n) is 11.6. The molecule has 0 spiro atoms.